The van der Waals surface area contributed by atoms with E-state index in [2.05, 4.69) is 40.1 Å². The maximum atomic E-state index is 11.9. The number of nitrogens with zero attached hydrogens (tertiary/aromatic N) is 1. The Morgan fingerprint density at radius 3 is 2.81 bits per heavy atom. The highest BCUT2D eigenvalue weighted by molar-refractivity contribution is 9.10. The maximum absolute atomic E-state index is 11.9. The molecule has 0 aliphatic heterocycles. The molecule has 1 N–H and O–H groups in total. The van der Waals surface area contributed by atoms with Gasteiger partial charge in [-0.1, -0.05) is 20.3 Å². The monoisotopic (exact) mass is 284 g/mol. The molecule has 0 bridgehead atoms. The molecule has 1 unspecified atom stereocenters. The lowest BCUT2D eigenvalue weighted by Gasteiger charge is -2.15. The largest absolute Gasteiger partial charge is 0.349 e. The van der Waals surface area contributed by atoms with Crippen molar-refractivity contribution in [1.29, 1.82) is 0 Å². The number of hydrogen-bond donors (Lipinski definition) is 1. The first-order valence-electron chi connectivity index (χ1n) is 5.58. The molecule has 16 heavy (non-hydrogen) atoms. The summed E-state index contributed by atoms with van der Waals surface area (Å²) in [5.74, 6) is -0.0471. The summed E-state index contributed by atoms with van der Waals surface area (Å²) in [6.07, 6.45) is 6.30. The van der Waals surface area contributed by atoms with Crippen LogP contribution in [0.2, 0.25) is 0 Å². The predicted octanol–water partition coefficient (Wildman–Crippen LogP) is 3.15. The highest BCUT2D eigenvalue weighted by atomic mass is 79.9. The molecule has 1 atom stereocenters. The Bertz CT molecular complexity index is 355. The standard InChI is InChI=1S/C12H17BrN2O/c1-3-5-11(4-2)15-12(16)9-6-10(13)8-14-7-9/h6-8,11H,3-5H2,1-2H3,(H,15,16). The molecule has 0 fully saturated rings. The Morgan fingerprint density at radius 1 is 1.50 bits per heavy atom. The van der Waals surface area contributed by atoms with E-state index in [4.69, 9.17) is 0 Å². The molecule has 3 nitrogen and oxygen atoms in total. The van der Waals surface area contributed by atoms with Gasteiger partial charge in [-0.3, -0.25) is 9.78 Å². The number of aromatic nitrogens is 1. The van der Waals surface area contributed by atoms with E-state index in [1.54, 1.807) is 18.5 Å². The molecule has 1 aromatic rings. The Kier molecular flexibility index (Phi) is 5.46. The summed E-state index contributed by atoms with van der Waals surface area (Å²) in [6.45, 7) is 4.20. The van der Waals surface area contributed by atoms with Gasteiger partial charge in [-0.05, 0) is 34.8 Å². The average Bonchev–Trinajstić information content (AvgIpc) is 2.28. The van der Waals surface area contributed by atoms with Crippen LogP contribution in [0.3, 0.4) is 0 Å². The zero-order chi connectivity index (χ0) is 12.0. The van der Waals surface area contributed by atoms with Gasteiger partial charge in [0.15, 0.2) is 0 Å². The lowest BCUT2D eigenvalue weighted by Crippen LogP contribution is -2.34. The van der Waals surface area contributed by atoms with Crippen LogP contribution in [0.25, 0.3) is 0 Å². The number of carbonyl (C=O) groups excluding carboxylic acids is 1. The number of halogens is 1. The second-order valence-corrected chi connectivity index (χ2v) is 4.67. The molecule has 1 aromatic heterocycles. The number of pyridine rings is 1. The first-order chi connectivity index (χ1) is 7.67. The Hall–Kier alpha value is -0.900. The molecule has 0 spiro atoms. The molecule has 0 saturated carbocycles. The lowest BCUT2D eigenvalue weighted by atomic mass is 10.1. The number of amides is 1. The maximum Gasteiger partial charge on any atom is 0.253 e. The van der Waals surface area contributed by atoms with Gasteiger partial charge in [-0.15, -0.1) is 0 Å². The van der Waals surface area contributed by atoms with E-state index in [1.807, 2.05) is 0 Å². The van der Waals surface area contributed by atoms with Gasteiger partial charge in [-0.2, -0.15) is 0 Å². The number of nitrogens with one attached hydrogen (secondary N) is 1. The normalized spacial score (nSPS) is 12.2. The Morgan fingerprint density at radius 2 is 2.25 bits per heavy atom. The van der Waals surface area contributed by atoms with Crippen LogP contribution in [0.15, 0.2) is 22.9 Å². The molecule has 0 aliphatic rings. The third-order valence-electron chi connectivity index (χ3n) is 2.43. The SMILES string of the molecule is CCCC(CC)NC(=O)c1cncc(Br)c1. The fourth-order valence-corrected chi connectivity index (χ4v) is 1.90. The van der Waals surface area contributed by atoms with Crippen LogP contribution < -0.4 is 5.32 Å². The number of hydrogen-bond acceptors (Lipinski definition) is 2. The van der Waals surface area contributed by atoms with Gasteiger partial charge in [0.1, 0.15) is 0 Å². The first kappa shape index (κ1) is 13.2. The summed E-state index contributed by atoms with van der Waals surface area (Å²) in [7, 11) is 0. The second-order valence-electron chi connectivity index (χ2n) is 3.76. The van der Waals surface area contributed by atoms with Crippen molar-refractivity contribution in [2.45, 2.75) is 39.2 Å². The van der Waals surface area contributed by atoms with E-state index in [-0.39, 0.29) is 11.9 Å². The van der Waals surface area contributed by atoms with Crippen LogP contribution in [0.4, 0.5) is 0 Å². The van der Waals surface area contributed by atoms with Crippen molar-refractivity contribution in [3.63, 3.8) is 0 Å². The van der Waals surface area contributed by atoms with Gasteiger partial charge in [0.05, 0.1) is 5.56 Å². The minimum absolute atomic E-state index is 0.0471. The second kappa shape index (κ2) is 6.63. The summed E-state index contributed by atoms with van der Waals surface area (Å²) >= 11 is 3.30. The van der Waals surface area contributed by atoms with Gasteiger partial charge in [0, 0.05) is 22.9 Å². The third-order valence-corrected chi connectivity index (χ3v) is 2.87. The molecule has 1 rings (SSSR count). The van der Waals surface area contributed by atoms with Gasteiger partial charge in [-0.25, -0.2) is 0 Å². The highest BCUT2D eigenvalue weighted by Crippen LogP contribution is 2.10. The summed E-state index contributed by atoms with van der Waals surface area (Å²) in [5, 5.41) is 3.01. The average molecular weight is 285 g/mol. The van der Waals surface area contributed by atoms with Crippen LogP contribution in [0.5, 0.6) is 0 Å². The zero-order valence-corrected chi connectivity index (χ0v) is 11.3. The Labute approximate surface area is 105 Å². The predicted molar refractivity (Wildman–Crippen MR) is 68.4 cm³/mol. The number of carbonyl (C=O) groups is 1. The topological polar surface area (TPSA) is 42.0 Å². The van der Waals surface area contributed by atoms with Crippen LogP contribution in [-0.4, -0.2) is 16.9 Å². The first-order valence-corrected chi connectivity index (χ1v) is 6.38. The molecule has 0 saturated heterocycles. The van der Waals surface area contributed by atoms with Crippen molar-refractivity contribution in [2.24, 2.45) is 0 Å². The molecule has 0 aromatic carbocycles. The molecule has 1 heterocycles. The lowest BCUT2D eigenvalue weighted by molar-refractivity contribution is 0.0933. The van der Waals surface area contributed by atoms with Gasteiger partial charge in [0.2, 0.25) is 0 Å². The van der Waals surface area contributed by atoms with Crippen LogP contribution in [0, 0.1) is 0 Å². The quantitative estimate of drug-likeness (QED) is 0.903. The van der Waals surface area contributed by atoms with Crippen LogP contribution in [-0.2, 0) is 0 Å². The van der Waals surface area contributed by atoms with E-state index in [0.29, 0.717) is 5.56 Å². The molecular weight excluding hydrogens is 268 g/mol. The van der Waals surface area contributed by atoms with Crippen molar-refractivity contribution < 1.29 is 4.79 Å². The van der Waals surface area contributed by atoms with Crippen molar-refractivity contribution in [1.82, 2.24) is 10.3 Å². The van der Waals surface area contributed by atoms with Crippen LogP contribution >= 0.6 is 15.9 Å². The fourth-order valence-electron chi connectivity index (χ4n) is 1.53. The third kappa shape index (κ3) is 3.93. The van der Waals surface area contributed by atoms with Gasteiger partial charge < -0.3 is 5.32 Å². The van der Waals surface area contributed by atoms with E-state index in [0.717, 1.165) is 23.7 Å². The minimum Gasteiger partial charge on any atom is -0.349 e. The molecular formula is C12H17BrN2O. The minimum atomic E-state index is -0.0471. The summed E-state index contributed by atoms with van der Waals surface area (Å²) < 4.78 is 0.823. The molecule has 1 amide bonds. The summed E-state index contributed by atoms with van der Waals surface area (Å²) in [4.78, 5) is 15.8. The molecule has 4 heteroatoms. The van der Waals surface area contributed by atoms with Gasteiger partial charge >= 0.3 is 0 Å². The van der Waals surface area contributed by atoms with Crippen molar-refractivity contribution in [3.05, 3.63) is 28.5 Å². The van der Waals surface area contributed by atoms with Crippen LogP contribution in [0.1, 0.15) is 43.5 Å². The van der Waals surface area contributed by atoms with Crippen molar-refractivity contribution >= 4 is 21.8 Å². The van der Waals surface area contributed by atoms with Crippen molar-refractivity contribution in [3.8, 4) is 0 Å². The fraction of sp³-hybridized carbons (Fsp3) is 0.500. The van der Waals surface area contributed by atoms with Crippen molar-refractivity contribution in [2.75, 3.05) is 0 Å². The summed E-state index contributed by atoms with van der Waals surface area (Å²) in [5.41, 5.74) is 0.601. The molecule has 88 valence electrons. The molecule has 0 aliphatic carbocycles. The smallest absolute Gasteiger partial charge is 0.253 e. The Balaban J connectivity index is 2.64. The van der Waals surface area contributed by atoms with E-state index in [1.165, 1.54) is 0 Å². The zero-order valence-electron chi connectivity index (χ0n) is 9.66. The van der Waals surface area contributed by atoms with E-state index >= 15 is 0 Å². The number of rotatable bonds is 5. The van der Waals surface area contributed by atoms with Gasteiger partial charge in [0.25, 0.3) is 5.91 Å². The van der Waals surface area contributed by atoms with E-state index < -0.39 is 0 Å². The van der Waals surface area contributed by atoms with E-state index in [9.17, 15) is 4.79 Å². The highest BCUT2D eigenvalue weighted by Gasteiger charge is 2.11. The molecule has 0 radical (unpaired) electrons. The summed E-state index contributed by atoms with van der Waals surface area (Å²) in [6, 6.07) is 2.04.